The third-order valence-corrected chi connectivity index (χ3v) is 1.76. The van der Waals surface area contributed by atoms with Gasteiger partial charge >= 0.3 is 5.97 Å². The van der Waals surface area contributed by atoms with Crippen molar-refractivity contribution in [2.24, 2.45) is 5.92 Å². The van der Waals surface area contributed by atoms with Crippen LogP contribution in [0, 0.1) is 5.92 Å². The molecule has 0 aliphatic rings. The van der Waals surface area contributed by atoms with E-state index in [1.807, 2.05) is 13.8 Å². The molecule has 0 aliphatic carbocycles. The zero-order chi connectivity index (χ0) is 10.4. The molecule has 0 aromatic heterocycles. The summed E-state index contributed by atoms with van der Waals surface area (Å²) in [5.41, 5.74) is 0. The molecule has 4 heteroatoms. The zero-order valence-corrected chi connectivity index (χ0v) is 8.59. The van der Waals surface area contributed by atoms with Crippen LogP contribution in [0.15, 0.2) is 0 Å². The van der Waals surface area contributed by atoms with Gasteiger partial charge in [0.05, 0.1) is 7.11 Å². The molecular formula is C9H17NO3. The van der Waals surface area contributed by atoms with Gasteiger partial charge in [0.25, 0.3) is 0 Å². The molecule has 0 aromatic rings. The van der Waals surface area contributed by atoms with E-state index in [2.05, 4.69) is 10.1 Å². The lowest BCUT2D eigenvalue weighted by Crippen LogP contribution is -2.44. The monoisotopic (exact) mass is 187 g/mol. The number of methoxy groups -OCH3 is 1. The van der Waals surface area contributed by atoms with Crippen molar-refractivity contribution in [1.82, 2.24) is 5.32 Å². The second-order valence-corrected chi connectivity index (χ2v) is 3.17. The average Bonchev–Trinajstić information content (AvgIpc) is 2.11. The van der Waals surface area contributed by atoms with Crippen molar-refractivity contribution < 1.29 is 14.3 Å². The van der Waals surface area contributed by atoms with Crippen molar-refractivity contribution >= 4 is 11.9 Å². The first-order valence-corrected chi connectivity index (χ1v) is 4.40. The molecule has 0 saturated heterocycles. The van der Waals surface area contributed by atoms with Gasteiger partial charge in [0.15, 0.2) is 0 Å². The Kier molecular flexibility index (Phi) is 5.11. The summed E-state index contributed by atoms with van der Waals surface area (Å²) in [4.78, 5) is 22.2. The fourth-order valence-electron chi connectivity index (χ4n) is 0.900. The molecule has 0 heterocycles. The number of carbonyl (C=O) groups excluding carboxylic acids is 2. The van der Waals surface area contributed by atoms with Crippen LogP contribution in [0.4, 0.5) is 0 Å². The van der Waals surface area contributed by atoms with Gasteiger partial charge in [-0.1, -0.05) is 20.8 Å². The molecule has 0 spiro atoms. The first-order chi connectivity index (χ1) is 6.02. The van der Waals surface area contributed by atoms with Crippen LogP contribution >= 0.6 is 0 Å². The van der Waals surface area contributed by atoms with Crippen LogP contribution in [0.1, 0.15) is 27.2 Å². The van der Waals surface area contributed by atoms with E-state index in [0.29, 0.717) is 6.42 Å². The highest BCUT2D eigenvalue weighted by Crippen LogP contribution is 2.03. The predicted octanol–water partition coefficient (Wildman–Crippen LogP) is 0.710. The summed E-state index contributed by atoms with van der Waals surface area (Å²) in [5.74, 6) is -0.483. The molecule has 76 valence electrons. The van der Waals surface area contributed by atoms with Crippen LogP contribution in [-0.2, 0) is 14.3 Å². The molecule has 13 heavy (non-hydrogen) atoms. The first-order valence-electron chi connectivity index (χ1n) is 4.40. The Morgan fingerprint density at radius 1 is 1.38 bits per heavy atom. The van der Waals surface area contributed by atoms with Gasteiger partial charge in [0, 0.05) is 6.42 Å². The summed E-state index contributed by atoms with van der Waals surface area (Å²) in [6.45, 7) is 5.46. The second-order valence-electron chi connectivity index (χ2n) is 3.17. The van der Waals surface area contributed by atoms with Crippen molar-refractivity contribution in [3.63, 3.8) is 0 Å². The van der Waals surface area contributed by atoms with Gasteiger partial charge in [-0.25, -0.2) is 4.79 Å². The highest BCUT2D eigenvalue weighted by Gasteiger charge is 2.23. The summed E-state index contributed by atoms with van der Waals surface area (Å²) < 4.78 is 4.57. The van der Waals surface area contributed by atoms with E-state index >= 15 is 0 Å². The third kappa shape index (κ3) is 3.92. The summed E-state index contributed by atoms with van der Waals surface area (Å²) in [6, 6.07) is -0.530. The number of amides is 1. The van der Waals surface area contributed by atoms with E-state index in [-0.39, 0.29) is 11.8 Å². The fourth-order valence-corrected chi connectivity index (χ4v) is 0.900. The molecular weight excluding hydrogens is 170 g/mol. The fraction of sp³-hybridized carbons (Fsp3) is 0.778. The van der Waals surface area contributed by atoms with Crippen LogP contribution in [0.3, 0.4) is 0 Å². The van der Waals surface area contributed by atoms with Crippen LogP contribution in [0.25, 0.3) is 0 Å². The maximum Gasteiger partial charge on any atom is 0.328 e. The lowest BCUT2D eigenvalue weighted by molar-refractivity contribution is -0.146. The molecule has 1 amide bonds. The number of hydrogen-bond acceptors (Lipinski definition) is 3. The molecule has 0 aromatic carbocycles. The van der Waals surface area contributed by atoms with Crippen molar-refractivity contribution in [3.05, 3.63) is 0 Å². The van der Waals surface area contributed by atoms with Gasteiger partial charge in [-0.15, -0.1) is 0 Å². The van der Waals surface area contributed by atoms with Crippen LogP contribution in [0.5, 0.6) is 0 Å². The van der Waals surface area contributed by atoms with Gasteiger partial charge in [-0.2, -0.15) is 0 Å². The molecule has 0 aliphatic heterocycles. The van der Waals surface area contributed by atoms with Crippen LogP contribution in [0.2, 0.25) is 0 Å². The molecule has 0 saturated carbocycles. The number of ether oxygens (including phenoxy) is 1. The highest BCUT2D eigenvalue weighted by molar-refractivity contribution is 5.84. The van der Waals surface area contributed by atoms with Crippen LogP contribution < -0.4 is 5.32 Å². The van der Waals surface area contributed by atoms with E-state index in [1.165, 1.54) is 7.11 Å². The Morgan fingerprint density at radius 2 is 1.92 bits per heavy atom. The summed E-state index contributed by atoms with van der Waals surface area (Å²) in [5, 5.41) is 2.60. The Bertz CT molecular complexity index is 189. The first kappa shape index (κ1) is 11.9. The smallest absolute Gasteiger partial charge is 0.328 e. The van der Waals surface area contributed by atoms with Crippen molar-refractivity contribution in [2.75, 3.05) is 7.11 Å². The molecule has 4 nitrogen and oxygen atoms in total. The molecule has 1 N–H and O–H groups in total. The van der Waals surface area contributed by atoms with E-state index in [1.54, 1.807) is 6.92 Å². The van der Waals surface area contributed by atoms with E-state index < -0.39 is 12.0 Å². The number of rotatable bonds is 4. The zero-order valence-electron chi connectivity index (χ0n) is 8.59. The molecule has 0 unspecified atom stereocenters. The normalized spacial score (nSPS) is 12.4. The lowest BCUT2D eigenvalue weighted by Gasteiger charge is -2.19. The predicted molar refractivity (Wildman–Crippen MR) is 49.1 cm³/mol. The topological polar surface area (TPSA) is 55.4 Å². The van der Waals surface area contributed by atoms with Gasteiger partial charge in [-0.05, 0) is 5.92 Å². The number of carbonyl (C=O) groups is 2. The maximum absolute atomic E-state index is 11.2. The van der Waals surface area contributed by atoms with Gasteiger partial charge in [0.1, 0.15) is 6.04 Å². The molecule has 1 atom stereocenters. The minimum Gasteiger partial charge on any atom is -0.467 e. The lowest BCUT2D eigenvalue weighted by atomic mass is 10.0. The van der Waals surface area contributed by atoms with Crippen molar-refractivity contribution in [1.29, 1.82) is 0 Å². The summed E-state index contributed by atoms with van der Waals surface area (Å²) in [7, 11) is 1.32. The Hall–Kier alpha value is -1.06. The Morgan fingerprint density at radius 3 is 2.23 bits per heavy atom. The van der Waals surface area contributed by atoms with Gasteiger partial charge < -0.3 is 10.1 Å². The largest absolute Gasteiger partial charge is 0.467 e. The standard InChI is InChI=1S/C9H17NO3/c1-5-7(11)10-8(6(2)3)9(12)13-4/h6,8H,5H2,1-4H3,(H,10,11)/t8-/m1/s1. The average molecular weight is 187 g/mol. The quantitative estimate of drug-likeness (QED) is 0.659. The van der Waals surface area contributed by atoms with Crippen LogP contribution in [-0.4, -0.2) is 25.0 Å². The SMILES string of the molecule is CCC(=O)N[C@@H](C(=O)OC)C(C)C. The van der Waals surface area contributed by atoms with Crippen molar-refractivity contribution in [3.8, 4) is 0 Å². The maximum atomic E-state index is 11.2. The minimum atomic E-state index is -0.530. The Balaban J connectivity index is 4.26. The van der Waals surface area contributed by atoms with Gasteiger partial charge in [-0.3, -0.25) is 4.79 Å². The second kappa shape index (κ2) is 5.56. The third-order valence-electron chi connectivity index (χ3n) is 1.76. The van der Waals surface area contributed by atoms with E-state index in [9.17, 15) is 9.59 Å². The van der Waals surface area contributed by atoms with Crippen molar-refractivity contribution in [2.45, 2.75) is 33.2 Å². The van der Waals surface area contributed by atoms with E-state index in [0.717, 1.165) is 0 Å². The number of nitrogens with one attached hydrogen (secondary N) is 1. The minimum absolute atomic E-state index is 0.0444. The molecule has 0 rings (SSSR count). The number of hydrogen-bond donors (Lipinski definition) is 1. The molecule has 0 bridgehead atoms. The highest BCUT2D eigenvalue weighted by atomic mass is 16.5. The number of esters is 1. The summed E-state index contributed by atoms with van der Waals surface area (Å²) in [6.07, 6.45) is 0.375. The Labute approximate surface area is 78.6 Å². The summed E-state index contributed by atoms with van der Waals surface area (Å²) >= 11 is 0. The molecule has 0 fully saturated rings. The molecule has 0 radical (unpaired) electrons. The van der Waals surface area contributed by atoms with Gasteiger partial charge in [0.2, 0.25) is 5.91 Å². The van der Waals surface area contributed by atoms with E-state index in [4.69, 9.17) is 0 Å².